The molecule has 0 saturated carbocycles. The molecule has 0 N–H and O–H groups in total. The summed E-state index contributed by atoms with van der Waals surface area (Å²) in [7, 11) is -3.77. The number of aromatic nitrogens is 2. The highest BCUT2D eigenvalue weighted by molar-refractivity contribution is 7.89. The molecule has 28 heavy (non-hydrogen) atoms. The van der Waals surface area contributed by atoms with Crippen molar-refractivity contribution in [3.63, 3.8) is 0 Å². The third-order valence-electron chi connectivity index (χ3n) is 4.91. The van der Waals surface area contributed by atoms with Crippen LogP contribution in [0.1, 0.15) is 30.0 Å². The van der Waals surface area contributed by atoms with E-state index in [1.54, 1.807) is 35.2 Å². The molecule has 1 saturated heterocycles. The molecule has 1 atom stereocenters. The molecule has 0 unspecified atom stereocenters. The Kier molecular flexibility index (Phi) is 4.89. The van der Waals surface area contributed by atoms with Crippen molar-refractivity contribution in [1.29, 1.82) is 0 Å². The smallest absolute Gasteiger partial charge is 0.259 e. The number of hydrogen-bond donors (Lipinski definition) is 0. The minimum absolute atomic E-state index is 0.199. The van der Waals surface area contributed by atoms with E-state index >= 15 is 0 Å². The summed E-state index contributed by atoms with van der Waals surface area (Å²) in [6, 6.07) is 13.3. The molecule has 8 heteroatoms. The van der Waals surface area contributed by atoms with Crippen LogP contribution >= 0.6 is 0 Å². The van der Waals surface area contributed by atoms with Crippen LogP contribution in [0.4, 0.5) is 14.6 Å². The van der Waals surface area contributed by atoms with Crippen LogP contribution in [-0.2, 0) is 15.8 Å². The summed E-state index contributed by atoms with van der Waals surface area (Å²) in [6.45, 7) is 0.535. The molecule has 1 fully saturated rings. The summed E-state index contributed by atoms with van der Waals surface area (Å²) in [6.07, 6.45) is 2.75. The molecule has 0 spiro atoms. The molecule has 2 heterocycles. The highest BCUT2D eigenvalue weighted by atomic mass is 32.2. The van der Waals surface area contributed by atoms with E-state index in [2.05, 4.69) is 5.10 Å². The first kappa shape index (κ1) is 18.6. The number of benzene rings is 2. The van der Waals surface area contributed by atoms with Gasteiger partial charge in [0.1, 0.15) is 17.5 Å². The standard InChI is InChI=1S/C20H19F2N3O2S/c21-16-8-9-18(22)17(13-16)19-7-4-12-24(19)20-10-11-23-25(20)28(26,27)14-15-5-2-1-3-6-15/h1-3,5-6,8-11,13,19H,4,7,12,14H2/t19-/m1/s1. The van der Waals surface area contributed by atoms with Crippen molar-refractivity contribution in [2.75, 3.05) is 11.4 Å². The Morgan fingerprint density at radius 1 is 1.07 bits per heavy atom. The van der Waals surface area contributed by atoms with E-state index in [1.165, 1.54) is 12.3 Å². The van der Waals surface area contributed by atoms with Crippen molar-refractivity contribution in [2.24, 2.45) is 0 Å². The van der Waals surface area contributed by atoms with Gasteiger partial charge in [0.2, 0.25) is 0 Å². The number of rotatable bonds is 5. The average molecular weight is 403 g/mol. The Labute approximate surface area is 162 Å². The molecule has 146 valence electrons. The highest BCUT2D eigenvalue weighted by Gasteiger charge is 2.32. The molecule has 2 aromatic carbocycles. The van der Waals surface area contributed by atoms with Crippen molar-refractivity contribution in [3.05, 3.63) is 83.6 Å². The van der Waals surface area contributed by atoms with Crippen LogP contribution in [0.3, 0.4) is 0 Å². The van der Waals surface area contributed by atoms with Gasteiger partial charge in [0.15, 0.2) is 0 Å². The maximum atomic E-state index is 14.3. The number of halogens is 2. The molecule has 1 aliphatic rings. The van der Waals surface area contributed by atoms with Crippen molar-refractivity contribution < 1.29 is 17.2 Å². The van der Waals surface area contributed by atoms with Gasteiger partial charge in [-0.05, 0) is 36.6 Å². The monoisotopic (exact) mass is 403 g/mol. The largest absolute Gasteiger partial charge is 0.349 e. The lowest BCUT2D eigenvalue weighted by Crippen LogP contribution is -2.29. The van der Waals surface area contributed by atoms with Gasteiger partial charge in [-0.2, -0.15) is 5.10 Å². The zero-order chi connectivity index (χ0) is 19.7. The van der Waals surface area contributed by atoms with Crippen molar-refractivity contribution in [3.8, 4) is 0 Å². The minimum atomic E-state index is -3.77. The van der Waals surface area contributed by atoms with E-state index in [4.69, 9.17) is 0 Å². The topological polar surface area (TPSA) is 55.2 Å². The van der Waals surface area contributed by atoms with Gasteiger partial charge in [-0.1, -0.05) is 30.3 Å². The summed E-state index contributed by atoms with van der Waals surface area (Å²) in [5, 5.41) is 4.02. The van der Waals surface area contributed by atoms with Crippen LogP contribution in [0.2, 0.25) is 0 Å². The van der Waals surface area contributed by atoms with Gasteiger partial charge in [0.05, 0.1) is 18.0 Å². The van der Waals surface area contributed by atoms with Crippen LogP contribution in [0.25, 0.3) is 0 Å². The Hall–Kier alpha value is -2.74. The second-order valence-corrected chi connectivity index (χ2v) is 8.59. The summed E-state index contributed by atoms with van der Waals surface area (Å²) in [4.78, 5) is 1.79. The third kappa shape index (κ3) is 3.52. The first-order valence-electron chi connectivity index (χ1n) is 8.98. The molecule has 0 radical (unpaired) electrons. The van der Waals surface area contributed by atoms with Crippen LogP contribution in [0, 0.1) is 11.6 Å². The molecule has 0 amide bonds. The van der Waals surface area contributed by atoms with Gasteiger partial charge in [-0.15, -0.1) is 4.09 Å². The fraction of sp³-hybridized carbons (Fsp3) is 0.250. The lowest BCUT2D eigenvalue weighted by Gasteiger charge is -2.27. The SMILES string of the molecule is O=S(=O)(Cc1ccccc1)n1nccc1N1CCC[C@@H]1c1cc(F)ccc1F. The third-order valence-corrected chi connectivity index (χ3v) is 6.42. The molecular formula is C20H19F2N3O2S. The zero-order valence-electron chi connectivity index (χ0n) is 15.0. The molecule has 5 nitrogen and oxygen atoms in total. The summed E-state index contributed by atoms with van der Waals surface area (Å²) >= 11 is 0. The highest BCUT2D eigenvalue weighted by Crippen LogP contribution is 2.37. The van der Waals surface area contributed by atoms with Gasteiger partial charge in [0, 0.05) is 18.2 Å². The predicted molar refractivity (Wildman–Crippen MR) is 102 cm³/mol. The van der Waals surface area contributed by atoms with Gasteiger partial charge < -0.3 is 4.90 Å². The Morgan fingerprint density at radius 3 is 2.64 bits per heavy atom. The quantitative estimate of drug-likeness (QED) is 0.649. The van der Waals surface area contributed by atoms with E-state index in [0.717, 1.165) is 22.6 Å². The van der Waals surface area contributed by atoms with Crippen molar-refractivity contribution in [2.45, 2.75) is 24.6 Å². The van der Waals surface area contributed by atoms with Crippen molar-refractivity contribution in [1.82, 2.24) is 9.19 Å². The molecule has 4 rings (SSSR count). The van der Waals surface area contributed by atoms with Gasteiger partial charge >= 0.3 is 0 Å². The van der Waals surface area contributed by atoms with E-state index in [0.29, 0.717) is 24.3 Å². The number of hydrogen-bond acceptors (Lipinski definition) is 4. The lowest BCUT2D eigenvalue weighted by molar-refractivity contribution is 0.556. The number of nitrogens with zero attached hydrogens (tertiary/aromatic N) is 3. The fourth-order valence-corrected chi connectivity index (χ4v) is 5.07. The van der Waals surface area contributed by atoms with E-state index in [1.807, 2.05) is 6.07 Å². The van der Waals surface area contributed by atoms with Gasteiger partial charge in [-0.3, -0.25) is 0 Å². The second kappa shape index (κ2) is 7.35. The Bertz CT molecular complexity index is 1080. The van der Waals surface area contributed by atoms with E-state index < -0.39 is 27.7 Å². The van der Waals surface area contributed by atoms with Crippen LogP contribution in [0.5, 0.6) is 0 Å². The maximum absolute atomic E-state index is 14.3. The molecule has 0 bridgehead atoms. The maximum Gasteiger partial charge on any atom is 0.259 e. The van der Waals surface area contributed by atoms with E-state index in [9.17, 15) is 17.2 Å². The fourth-order valence-electron chi connectivity index (χ4n) is 3.68. The first-order valence-corrected chi connectivity index (χ1v) is 10.6. The Balaban J connectivity index is 1.69. The van der Waals surface area contributed by atoms with Crippen LogP contribution < -0.4 is 4.90 Å². The summed E-state index contributed by atoms with van der Waals surface area (Å²) in [5.41, 5.74) is 0.879. The number of anilines is 1. The first-order chi connectivity index (χ1) is 13.5. The average Bonchev–Trinajstić information content (AvgIpc) is 3.33. The second-order valence-electron chi connectivity index (χ2n) is 6.79. The minimum Gasteiger partial charge on any atom is -0.349 e. The van der Waals surface area contributed by atoms with Crippen LogP contribution in [-0.4, -0.2) is 24.1 Å². The molecule has 0 aliphatic carbocycles. The molecule has 1 aliphatic heterocycles. The lowest BCUT2D eigenvalue weighted by atomic mass is 10.0. The summed E-state index contributed by atoms with van der Waals surface area (Å²) < 4.78 is 54.9. The van der Waals surface area contributed by atoms with Crippen LogP contribution in [0.15, 0.2) is 60.8 Å². The molecule has 3 aromatic rings. The zero-order valence-corrected chi connectivity index (χ0v) is 15.8. The van der Waals surface area contributed by atoms with E-state index in [-0.39, 0.29) is 11.3 Å². The normalized spacial score (nSPS) is 17.2. The van der Waals surface area contributed by atoms with Gasteiger partial charge in [-0.25, -0.2) is 17.2 Å². The Morgan fingerprint density at radius 2 is 1.86 bits per heavy atom. The van der Waals surface area contributed by atoms with Crippen molar-refractivity contribution >= 4 is 15.8 Å². The summed E-state index contributed by atoms with van der Waals surface area (Å²) in [5.74, 6) is -0.859. The van der Waals surface area contributed by atoms with Gasteiger partial charge in [0.25, 0.3) is 10.0 Å². The molecule has 1 aromatic heterocycles. The predicted octanol–water partition coefficient (Wildman–Crippen LogP) is 3.88. The molecular weight excluding hydrogens is 384 g/mol.